The van der Waals surface area contributed by atoms with Crippen molar-refractivity contribution in [3.05, 3.63) is 59.2 Å². The molecule has 0 spiro atoms. The van der Waals surface area contributed by atoms with Gasteiger partial charge in [-0.15, -0.1) is 0 Å². The minimum atomic E-state index is -2.75. The third-order valence-electron chi connectivity index (χ3n) is 9.60. The summed E-state index contributed by atoms with van der Waals surface area (Å²) in [6, 6.07) is 5.48. The summed E-state index contributed by atoms with van der Waals surface area (Å²) in [5, 5.41) is 5.87. The lowest BCUT2D eigenvalue weighted by Crippen LogP contribution is -2.36. The molecule has 254 valence electrons. The zero-order valence-electron chi connectivity index (χ0n) is 28.0. The molecular formula is C36H42F2N6O4. The number of ether oxygens (including phenoxy) is 2. The van der Waals surface area contributed by atoms with Crippen LogP contribution in [0.15, 0.2) is 36.8 Å². The zero-order chi connectivity index (χ0) is 33.7. The molecule has 7 rings (SSSR count). The molecule has 1 aromatic carbocycles. The van der Waals surface area contributed by atoms with E-state index in [0.29, 0.717) is 61.3 Å². The predicted molar refractivity (Wildman–Crippen MR) is 177 cm³/mol. The number of nitrogens with zero attached hydrogens (tertiary/aromatic N) is 6. The van der Waals surface area contributed by atoms with Crippen molar-refractivity contribution in [2.45, 2.75) is 91.0 Å². The van der Waals surface area contributed by atoms with Crippen LogP contribution in [0, 0.1) is 0 Å². The van der Waals surface area contributed by atoms with Crippen LogP contribution in [0.5, 0.6) is 0 Å². The van der Waals surface area contributed by atoms with Gasteiger partial charge in [0.1, 0.15) is 12.1 Å². The number of rotatable bonds is 6. The van der Waals surface area contributed by atoms with E-state index in [-0.39, 0.29) is 24.1 Å². The molecule has 6 heterocycles. The minimum Gasteiger partial charge on any atom is -0.459 e. The number of aryl methyl sites for hydroxylation is 1. The number of hydrogen-bond acceptors (Lipinski definition) is 7. The summed E-state index contributed by atoms with van der Waals surface area (Å²) in [5.41, 5.74) is 4.77. The lowest BCUT2D eigenvalue weighted by Gasteiger charge is -2.33. The van der Waals surface area contributed by atoms with Crippen LogP contribution < -0.4 is 4.90 Å². The van der Waals surface area contributed by atoms with Gasteiger partial charge in [-0.1, -0.05) is 0 Å². The Kier molecular flexibility index (Phi) is 8.47. The number of esters is 1. The van der Waals surface area contributed by atoms with Gasteiger partial charge < -0.3 is 23.8 Å². The second kappa shape index (κ2) is 12.6. The molecule has 0 N–H and O–H groups in total. The first-order chi connectivity index (χ1) is 23.0. The molecule has 12 heteroatoms. The number of anilines is 2. The maximum Gasteiger partial charge on any atom is 0.326 e. The van der Waals surface area contributed by atoms with E-state index >= 15 is 8.78 Å². The van der Waals surface area contributed by atoms with Crippen LogP contribution in [-0.2, 0) is 45.0 Å². The molecular weight excluding hydrogens is 618 g/mol. The van der Waals surface area contributed by atoms with Gasteiger partial charge in [0.15, 0.2) is 5.82 Å². The molecule has 0 bridgehead atoms. The largest absolute Gasteiger partial charge is 0.459 e. The summed E-state index contributed by atoms with van der Waals surface area (Å²) in [4.78, 5) is 33.5. The van der Waals surface area contributed by atoms with Crippen LogP contribution in [0.3, 0.4) is 0 Å². The van der Waals surface area contributed by atoms with Gasteiger partial charge in [-0.3, -0.25) is 19.3 Å². The maximum atomic E-state index is 15.1. The van der Waals surface area contributed by atoms with Crippen molar-refractivity contribution in [2.75, 3.05) is 31.2 Å². The average molecular weight is 661 g/mol. The molecule has 0 saturated carbocycles. The fraction of sp³-hybridized carbons (Fsp3) is 0.500. The van der Waals surface area contributed by atoms with E-state index in [1.165, 1.54) is 0 Å². The Morgan fingerprint density at radius 1 is 1.10 bits per heavy atom. The summed E-state index contributed by atoms with van der Waals surface area (Å²) < 4.78 is 45.2. The van der Waals surface area contributed by atoms with Crippen molar-refractivity contribution in [3.8, 4) is 11.1 Å². The number of carbonyl (C=O) groups excluding carboxylic acids is 2. The Labute approximate surface area is 278 Å². The van der Waals surface area contributed by atoms with Gasteiger partial charge in [0.2, 0.25) is 5.91 Å². The Balaban J connectivity index is 1.32. The molecule has 0 radical (unpaired) electrons. The summed E-state index contributed by atoms with van der Waals surface area (Å²) in [6.45, 7) is 10.00. The van der Waals surface area contributed by atoms with Crippen LogP contribution in [0.25, 0.3) is 22.0 Å². The van der Waals surface area contributed by atoms with E-state index < -0.39 is 18.0 Å². The molecule has 48 heavy (non-hydrogen) atoms. The molecule has 10 nitrogen and oxygen atoms in total. The van der Waals surface area contributed by atoms with Crippen molar-refractivity contribution < 1.29 is 27.8 Å². The lowest BCUT2D eigenvalue weighted by atomic mass is 9.91. The summed E-state index contributed by atoms with van der Waals surface area (Å²) >= 11 is 0. The molecule has 3 aliphatic rings. The molecule has 3 aromatic heterocycles. The third kappa shape index (κ3) is 6.06. The van der Waals surface area contributed by atoms with Crippen molar-refractivity contribution in [1.29, 1.82) is 0 Å². The SMILES string of the molecule is CC(=O)N1CCc2c(c(N3CCCc4cc(-c5cn(CC(=O)OC(C)(C)C)c6ccncc56)c(C(F)F)cc43)nn2C2CCOCC2)C1. The first-order valence-electron chi connectivity index (χ1n) is 16.8. The number of benzene rings is 1. The van der Waals surface area contributed by atoms with E-state index in [2.05, 4.69) is 14.6 Å². The molecule has 0 aliphatic carbocycles. The van der Waals surface area contributed by atoms with Gasteiger partial charge in [0.05, 0.1) is 18.1 Å². The van der Waals surface area contributed by atoms with Gasteiger partial charge in [-0.2, -0.15) is 5.10 Å². The maximum absolute atomic E-state index is 15.1. The van der Waals surface area contributed by atoms with E-state index in [1.54, 1.807) is 42.2 Å². The highest BCUT2D eigenvalue weighted by atomic mass is 19.3. The van der Waals surface area contributed by atoms with Crippen molar-refractivity contribution in [1.82, 2.24) is 24.2 Å². The smallest absolute Gasteiger partial charge is 0.326 e. The molecule has 1 amide bonds. The monoisotopic (exact) mass is 660 g/mol. The normalized spacial score (nSPS) is 17.1. The van der Waals surface area contributed by atoms with Gasteiger partial charge in [0.25, 0.3) is 6.43 Å². The number of aromatic nitrogens is 4. The van der Waals surface area contributed by atoms with E-state index in [9.17, 15) is 9.59 Å². The molecule has 0 atom stereocenters. The fourth-order valence-corrected chi connectivity index (χ4v) is 7.43. The van der Waals surface area contributed by atoms with Crippen molar-refractivity contribution in [3.63, 3.8) is 0 Å². The number of amides is 1. The number of alkyl halides is 2. The number of hydrogen-bond donors (Lipinski definition) is 0. The van der Waals surface area contributed by atoms with E-state index in [1.807, 2.05) is 31.7 Å². The highest BCUT2D eigenvalue weighted by molar-refractivity contribution is 5.97. The first-order valence-corrected chi connectivity index (χ1v) is 16.8. The Morgan fingerprint density at radius 3 is 2.62 bits per heavy atom. The first kappa shape index (κ1) is 32.2. The van der Waals surface area contributed by atoms with Crippen LogP contribution in [0.4, 0.5) is 20.3 Å². The highest BCUT2D eigenvalue weighted by Crippen LogP contribution is 2.45. The predicted octanol–water partition coefficient (Wildman–Crippen LogP) is 6.52. The minimum absolute atomic E-state index is 0.00871. The standard InChI is InChI=1S/C36H42F2N6O4/c1-22(45)41-13-8-31-29(20-41)35(40-44(31)24-9-14-47-15-10-24)43-12-5-6-23-16-25(26(34(37)38)17-32(23)43)28-19-42(21-33(46)48-36(2,3)4)30-7-11-39-18-27(28)30/h7,11,16-19,24,34H,5-6,8-10,12-15,20-21H2,1-4H3. The molecule has 1 fully saturated rings. The molecule has 0 unspecified atom stereocenters. The average Bonchev–Trinajstić information content (AvgIpc) is 3.61. The Hall–Kier alpha value is -4.32. The van der Waals surface area contributed by atoms with Crippen LogP contribution in [-0.4, -0.2) is 68.0 Å². The number of pyridine rings is 1. The zero-order valence-corrected chi connectivity index (χ0v) is 28.0. The second-order valence-electron chi connectivity index (χ2n) is 14.0. The number of halogens is 2. The highest BCUT2D eigenvalue weighted by Gasteiger charge is 2.34. The van der Waals surface area contributed by atoms with Crippen LogP contribution >= 0.6 is 0 Å². The van der Waals surface area contributed by atoms with E-state index in [0.717, 1.165) is 54.0 Å². The molecule has 3 aliphatic heterocycles. The van der Waals surface area contributed by atoms with Crippen LogP contribution in [0.1, 0.15) is 81.8 Å². The molecule has 1 saturated heterocycles. The van der Waals surface area contributed by atoms with Gasteiger partial charge >= 0.3 is 5.97 Å². The van der Waals surface area contributed by atoms with Gasteiger partial charge in [-0.05, 0) is 75.8 Å². The quantitative estimate of drug-likeness (QED) is 0.218. The van der Waals surface area contributed by atoms with Gasteiger partial charge in [-0.25, -0.2) is 8.78 Å². The van der Waals surface area contributed by atoms with Gasteiger partial charge in [0, 0.05) is 91.7 Å². The van der Waals surface area contributed by atoms with E-state index in [4.69, 9.17) is 14.6 Å². The summed E-state index contributed by atoms with van der Waals surface area (Å²) in [5.74, 6) is 0.341. The number of carbonyl (C=O) groups is 2. The van der Waals surface area contributed by atoms with Crippen LogP contribution in [0.2, 0.25) is 0 Å². The summed E-state index contributed by atoms with van der Waals surface area (Å²) in [7, 11) is 0. The number of fused-ring (bicyclic) bond motifs is 3. The van der Waals surface area contributed by atoms with Crippen molar-refractivity contribution in [2.24, 2.45) is 0 Å². The molecule has 4 aromatic rings. The van der Waals surface area contributed by atoms with Crippen molar-refractivity contribution >= 4 is 34.3 Å². The Bertz CT molecular complexity index is 1870. The summed E-state index contributed by atoms with van der Waals surface area (Å²) in [6.07, 6.45) is 6.24. The lowest BCUT2D eigenvalue weighted by molar-refractivity contribution is -0.155. The third-order valence-corrected chi connectivity index (χ3v) is 9.60. The topological polar surface area (TPSA) is 94.7 Å². The fourth-order valence-electron chi connectivity index (χ4n) is 7.43. The Morgan fingerprint density at radius 2 is 1.90 bits per heavy atom. The second-order valence-corrected chi connectivity index (χ2v) is 14.0.